The summed E-state index contributed by atoms with van der Waals surface area (Å²) in [6.07, 6.45) is 0.673. The summed E-state index contributed by atoms with van der Waals surface area (Å²) in [6, 6.07) is -1.15. The van der Waals surface area contributed by atoms with Gasteiger partial charge in [-0.3, -0.25) is 9.59 Å². The lowest BCUT2D eigenvalue weighted by molar-refractivity contribution is -0.134. The van der Waals surface area contributed by atoms with Crippen LogP contribution in [0.1, 0.15) is 26.7 Å². The Morgan fingerprint density at radius 2 is 2.00 bits per heavy atom. The standard InChI is InChI=1S/C13H22N6O3/c1-7(14)12(21)19-5-3-9(4-6-19)8(2)15-11(20)10-16-13(22)18-17-10/h7-10H,3-6,14H2,1-2H3,(H,15,20)(H,16,22)/t7-,8?,10?/m0/s1. The molecule has 0 aliphatic carbocycles. The number of azo groups is 1. The SMILES string of the molecule is CC(NC(=O)C1N=NC(=O)N1)C1CCN(C(=O)[C@H](C)N)CC1. The number of carbonyl (C=O) groups excluding carboxylic acids is 3. The Morgan fingerprint density at radius 1 is 1.36 bits per heavy atom. The van der Waals surface area contributed by atoms with Crippen LogP contribution in [0.2, 0.25) is 0 Å². The van der Waals surface area contributed by atoms with Crippen molar-refractivity contribution in [2.24, 2.45) is 21.9 Å². The summed E-state index contributed by atoms with van der Waals surface area (Å²) in [5, 5.41) is 12.0. The highest BCUT2D eigenvalue weighted by Crippen LogP contribution is 2.21. The van der Waals surface area contributed by atoms with Gasteiger partial charge >= 0.3 is 6.03 Å². The summed E-state index contributed by atoms with van der Waals surface area (Å²) in [7, 11) is 0. The number of rotatable bonds is 4. The molecule has 0 saturated carbocycles. The van der Waals surface area contributed by atoms with E-state index < -0.39 is 18.2 Å². The first-order valence-corrected chi connectivity index (χ1v) is 7.44. The molecule has 3 atom stereocenters. The highest BCUT2D eigenvalue weighted by Gasteiger charge is 2.31. The van der Waals surface area contributed by atoms with Gasteiger partial charge < -0.3 is 21.3 Å². The molecule has 2 aliphatic rings. The van der Waals surface area contributed by atoms with E-state index in [1.807, 2.05) is 6.92 Å². The lowest BCUT2D eigenvalue weighted by Gasteiger charge is -2.36. The van der Waals surface area contributed by atoms with Gasteiger partial charge in [-0.1, -0.05) is 5.11 Å². The Hall–Kier alpha value is -2.03. The molecule has 2 rings (SSSR count). The van der Waals surface area contributed by atoms with E-state index in [1.54, 1.807) is 11.8 Å². The molecule has 122 valence electrons. The summed E-state index contributed by atoms with van der Waals surface area (Å²) >= 11 is 0. The Kier molecular flexibility index (Phi) is 5.07. The van der Waals surface area contributed by atoms with Crippen LogP contribution in [0.3, 0.4) is 0 Å². The van der Waals surface area contributed by atoms with Crippen LogP contribution in [-0.2, 0) is 9.59 Å². The van der Waals surface area contributed by atoms with Crippen molar-refractivity contribution in [1.82, 2.24) is 15.5 Å². The third-order valence-corrected chi connectivity index (χ3v) is 4.09. The normalized spacial score (nSPS) is 24.8. The fraction of sp³-hybridized carbons (Fsp3) is 0.769. The average molecular weight is 310 g/mol. The number of urea groups is 1. The first-order valence-electron chi connectivity index (χ1n) is 7.44. The van der Waals surface area contributed by atoms with Crippen molar-refractivity contribution >= 4 is 17.8 Å². The lowest BCUT2D eigenvalue weighted by atomic mass is 9.90. The summed E-state index contributed by atoms with van der Waals surface area (Å²) in [6.45, 7) is 4.89. The van der Waals surface area contributed by atoms with Gasteiger partial charge in [0.25, 0.3) is 5.91 Å². The third-order valence-electron chi connectivity index (χ3n) is 4.09. The van der Waals surface area contributed by atoms with Crippen LogP contribution >= 0.6 is 0 Å². The minimum Gasteiger partial charge on any atom is -0.350 e. The Bertz CT molecular complexity index is 484. The van der Waals surface area contributed by atoms with E-state index in [4.69, 9.17) is 5.73 Å². The maximum absolute atomic E-state index is 11.9. The highest BCUT2D eigenvalue weighted by atomic mass is 16.2. The van der Waals surface area contributed by atoms with Gasteiger partial charge in [0.1, 0.15) is 0 Å². The second-order valence-electron chi connectivity index (χ2n) is 5.82. The van der Waals surface area contributed by atoms with Crippen molar-refractivity contribution in [3.05, 3.63) is 0 Å². The molecule has 1 saturated heterocycles. The molecule has 4 amide bonds. The molecule has 4 N–H and O–H groups in total. The second-order valence-corrected chi connectivity index (χ2v) is 5.82. The first kappa shape index (κ1) is 16.3. The van der Waals surface area contributed by atoms with Gasteiger partial charge in [0.05, 0.1) is 6.04 Å². The van der Waals surface area contributed by atoms with Crippen LogP contribution in [-0.4, -0.2) is 54.1 Å². The van der Waals surface area contributed by atoms with Crippen molar-refractivity contribution in [3.63, 3.8) is 0 Å². The minimum atomic E-state index is -0.935. The molecular formula is C13H22N6O3. The van der Waals surface area contributed by atoms with Gasteiger partial charge in [-0.25, -0.2) is 4.79 Å². The number of amides is 4. The van der Waals surface area contributed by atoms with Gasteiger partial charge in [-0.15, -0.1) is 5.11 Å². The van der Waals surface area contributed by atoms with E-state index in [0.717, 1.165) is 12.8 Å². The Labute approximate surface area is 128 Å². The molecule has 2 aliphatic heterocycles. The number of nitrogens with zero attached hydrogens (tertiary/aromatic N) is 3. The zero-order valence-corrected chi connectivity index (χ0v) is 12.8. The van der Waals surface area contributed by atoms with Gasteiger partial charge in [-0.2, -0.15) is 0 Å². The molecule has 22 heavy (non-hydrogen) atoms. The van der Waals surface area contributed by atoms with Crippen LogP contribution in [0.15, 0.2) is 10.2 Å². The van der Waals surface area contributed by atoms with Crippen LogP contribution in [0, 0.1) is 5.92 Å². The maximum atomic E-state index is 11.9. The highest BCUT2D eigenvalue weighted by molar-refractivity contribution is 5.89. The molecule has 0 radical (unpaired) electrons. The number of nitrogens with one attached hydrogen (secondary N) is 2. The fourth-order valence-corrected chi connectivity index (χ4v) is 2.73. The van der Waals surface area contributed by atoms with Crippen molar-refractivity contribution in [2.75, 3.05) is 13.1 Å². The predicted molar refractivity (Wildman–Crippen MR) is 77.7 cm³/mol. The van der Waals surface area contributed by atoms with Gasteiger partial charge in [0, 0.05) is 19.1 Å². The quantitative estimate of drug-likeness (QED) is 0.651. The van der Waals surface area contributed by atoms with E-state index in [9.17, 15) is 14.4 Å². The Balaban J connectivity index is 1.79. The monoisotopic (exact) mass is 310 g/mol. The molecule has 2 heterocycles. The number of hydrogen-bond acceptors (Lipinski definition) is 5. The smallest absolute Gasteiger partial charge is 0.350 e. The largest absolute Gasteiger partial charge is 0.361 e. The van der Waals surface area contributed by atoms with Crippen molar-refractivity contribution in [1.29, 1.82) is 0 Å². The molecule has 9 heteroatoms. The summed E-state index contributed by atoms with van der Waals surface area (Å²) in [5.41, 5.74) is 5.61. The van der Waals surface area contributed by atoms with Gasteiger partial charge in [0.15, 0.2) is 0 Å². The number of piperidine rings is 1. The van der Waals surface area contributed by atoms with Crippen LogP contribution < -0.4 is 16.4 Å². The Morgan fingerprint density at radius 3 is 2.50 bits per heavy atom. The number of nitrogens with two attached hydrogens (primary N) is 1. The zero-order chi connectivity index (χ0) is 16.3. The molecule has 9 nitrogen and oxygen atoms in total. The van der Waals surface area contributed by atoms with E-state index in [1.165, 1.54) is 0 Å². The summed E-state index contributed by atoms with van der Waals surface area (Å²) < 4.78 is 0. The molecule has 2 unspecified atom stereocenters. The molecular weight excluding hydrogens is 288 g/mol. The van der Waals surface area contributed by atoms with Crippen LogP contribution in [0.5, 0.6) is 0 Å². The number of carbonyl (C=O) groups is 3. The maximum Gasteiger partial charge on any atom is 0.361 e. The fourth-order valence-electron chi connectivity index (χ4n) is 2.73. The average Bonchev–Trinajstić information content (AvgIpc) is 2.93. The topological polar surface area (TPSA) is 129 Å². The molecule has 1 fully saturated rings. The van der Waals surface area contributed by atoms with E-state index >= 15 is 0 Å². The predicted octanol–water partition coefficient (Wildman–Crippen LogP) is -0.422. The molecule has 0 spiro atoms. The van der Waals surface area contributed by atoms with Crippen molar-refractivity contribution in [2.45, 2.75) is 44.9 Å². The van der Waals surface area contributed by atoms with Crippen LogP contribution in [0.25, 0.3) is 0 Å². The molecule has 0 aromatic carbocycles. The molecule has 0 bridgehead atoms. The van der Waals surface area contributed by atoms with Crippen LogP contribution in [0.4, 0.5) is 4.79 Å². The first-order chi connectivity index (χ1) is 10.4. The number of hydrogen-bond donors (Lipinski definition) is 3. The minimum absolute atomic E-state index is 0.0378. The second kappa shape index (κ2) is 6.82. The lowest BCUT2D eigenvalue weighted by Crippen LogP contribution is -2.51. The third kappa shape index (κ3) is 3.79. The summed E-state index contributed by atoms with van der Waals surface area (Å²) in [4.78, 5) is 36.4. The molecule has 0 aromatic heterocycles. The van der Waals surface area contributed by atoms with E-state index in [-0.39, 0.29) is 23.8 Å². The van der Waals surface area contributed by atoms with Crippen molar-refractivity contribution < 1.29 is 14.4 Å². The van der Waals surface area contributed by atoms with E-state index in [0.29, 0.717) is 13.1 Å². The summed E-state index contributed by atoms with van der Waals surface area (Å²) in [5.74, 6) is -0.129. The van der Waals surface area contributed by atoms with E-state index in [2.05, 4.69) is 20.9 Å². The van der Waals surface area contributed by atoms with Gasteiger partial charge in [-0.05, 0) is 32.6 Å². The number of likely N-dealkylation sites (tertiary alicyclic amines) is 1. The van der Waals surface area contributed by atoms with Crippen molar-refractivity contribution in [3.8, 4) is 0 Å². The zero-order valence-electron chi connectivity index (χ0n) is 12.8. The molecule has 0 aromatic rings. The van der Waals surface area contributed by atoms with Gasteiger partial charge in [0.2, 0.25) is 12.1 Å².